The Balaban J connectivity index is 1.25. The number of fused-ring (bicyclic) bond motifs is 15. The van der Waals surface area contributed by atoms with Crippen LogP contribution < -0.4 is 0 Å². The van der Waals surface area contributed by atoms with Crippen LogP contribution in [-0.2, 0) is 5.41 Å². The van der Waals surface area contributed by atoms with Crippen LogP contribution in [0.3, 0.4) is 0 Å². The molecule has 0 saturated carbocycles. The van der Waals surface area contributed by atoms with Gasteiger partial charge in [-0.15, -0.1) is 0 Å². The predicted molar refractivity (Wildman–Crippen MR) is 227 cm³/mol. The van der Waals surface area contributed by atoms with E-state index in [0.717, 1.165) is 33.2 Å². The molecule has 0 unspecified atom stereocenters. The molecule has 9 aromatic carbocycles. The number of nitrogens with zero attached hydrogens (tertiary/aromatic N) is 3. The van der Waals surface area contributed by atoms with E-state index >= 15 is 0 Å². The molecular formula is C51H33N3. The second kappa shape index (κ2) is 10.6. The summed E-state index contributed by atoms with van der Waals surface area (Å²) in [7, 11) is 0. The molecule has 11 aromatic rings. The Bertz CT molecular complexity index is 3420. The number of hydrogen-bond acceptors (Lipinski definition) is 2. The molecule has 1 aliphatic rings. The molecular weight excluding hydrogens is 655 g/mol. The largest absolute Gasteiger partial charge is 0.277 e. The van der Waals surface area contributed by atoms with Crippen LogP contribution in [0.15, 0.2) is 164 Å². The first-order valence-corrected chi connectivity index (χ1v) is 18.8. The molecule has 3 heteroatoms. The zero-order valence-corrected chi connectivity index (χ0v) is 29.9. The number of rotatable bonds is 2. The number of aromatic nitrogens is 3. The molecule has 0 spiro atoms. The summed E-state index contributed by atoms with van der Waals surface area (Å²) in [4.78, 5) is 11.0. The summed E-state index contributed by atoms with van der Waals surface area (Å²) in [6, 6.07) is 59.8. The van der Waals surface area contributed by atoms with Crippen LogP contribution in [0.4, 0.5) is 0 Å². The molecule has 0 aliphatic heterocycles. The summed E-state index contributed by atoms with van der Waals surface area (Å²) in [6.07, 6.45) is 0. The van der Waals surface area contributed by atoms with Crippen LogP contribution in [0.25, 0.3) is 104 Å². The van der Waals surface area contributed by atoms with E-state index in [0.29, 0.717) is 5.95 Å². The van der Waals surface area contributed by atoms with Gasteiger partial charge in [0.25, 0.3) is 0 Å². The topological polar surface area (TPSA) is 30.7 Å². The summed E-state index contributed by atoms with van der Waals surface area (Å²) in [5, 5.41) is 13.3. The van der Waals surface area contributed by atoms with Crippen LogP contribution in [0.1, 0.15) is 25.0 Å². The summed E-state index contributed by atoms with van der Waals surface area (Å²) >= 11 is 0. The van der Waals surface area contributed by atoms with Gasteiger partial charge in [-0.2, -0.15) is 0 Å². The molecule has 0 amide bonds. The molecule has 0 bridgehead atoms. The summed E-state index contributed by atoms with van der Waals surface area (Å²) in [5.41, 5.74) is 10.4. The van der Waals surface area contributed by atoms with Crippen molar-refractivity contribution in [2.24, 2.45) is 0 Å². The van der Waals surface area contributed by atoms with E-state index in [2.05, 4.69) is 182 Å². The lowest BCUT2D eigenvalue weighted by atomic mass is 9.82. The van der Waals surface area contributed by atoms with Crippen LogP contribution in [0.5, 0.6) is 0 Å². The normalized spacial score (nSPS) is 13.5. The van der Waals surface area contributed by atoms with Crippen molar-refractivity contribution >= 4 is 75.8 Å². The van der Waals surface area contributed by atoms with Gasteiger partial charge in [0, 0.05) is 32.5 Å². The van der Waals surface area contributed by atoms with Crippen LogP contribution in [0.2, 0.25) is 0 Å². The number of para-hydroxylation sites is 1. The average Bonchev–Trinajstić information content (AvgIpc) is 3.68. The first-order valence-electron chi connectivity index (χ1n) is 18.8. The lowest BCUT2D eigenvalue weighted by Gasteiger charge is -2.21. The zero-order chi connectivity index (χ0) is 35.7. The lowest BCUT2D eigenvalue weighted by Crippen LogP contribution is -2.15. The average molecular weight is 688 g/mol. The number of hydrogen-bond donors (Lipinski definition) is 0. The van der Waals surface area contributed by atoms with Crippen LogP contribution >= 0.6 is 0 Å². The fraction of sp³-hybridized carbons (Fsp3) is 0.0588. The Kier molecular flexibility index (Phi) is 5.84. The van der Waals surface area contributed by atoms with Gasteiger partial charge in [-0.1, -0.05) is 153 Å². The van der Waals surface area contributed by atoms with Crippen molar-refractivity contribution in [2.75, 3.05) is 0 Å². The SMILES string of the molecule is CC1(C)c2ccccc2-c2cc3c4c5ccccc5c5ccccc5c4n(-c4nc(-c5ccc6ccc7ccccc7c6c5)c5ccccc5n4)c3cc21. The van der Waals surface area contributed by atoms with Crippen molar-refractivity contribution in [1.29, 1.82) is 0 Å². The highest BCUT2D eigenvalue weighted by molar-refractivity contribution is 6.32. The molecule has 0 atom stereocenters. The second-order valence-corrected chi connectivity index (χ2v) is 15.3. The fourth-order valence-electron chi connectivity index (χ4n) is 9.61. The second-order valence-electron chi connectivity index (χ2n) is 15.3. The Morgan fingerprint density at radius 2 is 1.07 bits per heavy atom. The van der Waals surface area contributed by atoms with Crippen LogP contribution in [0, 0.1) is 0 Å². The summed E-state index contributed by atoms with van der Waals surface area (Å²) in [6.45, 7) is 4.71. The van der Waals surface area contributed by atoms with E-state index < -0.39 is 0 Å². The van der Waals surface area contributed by atoms with Crippen molar-refractivity contribution in [3.05, 3.63) is 175 Å². The van der Waals surface area contributed by atoms with Gasteiger partial charge in [0.05, 0.1) is 22.2 Å². The first-order chi connectivity index (χ1) is 26.5. The van der Waals surface area contributed by atoms with Gasteiger partial charge in [-0.3, -0.25) is 4.57 Å². The Hall–Kier alpha value is -6.84. The van der Waals surface area contributed by atoms with E-state index in [4.69, 9.17) is 9.97 Å². The molecule has 54 heavy (non-hydrogen) atoms. The predicted octanol–water partition coefficient (Wildman–Crippen LogP) is 13.3. The first kappa shape index (κ1) is 29.7. The van der Waals surface area contributed by atoms with Gasteiger partial charge in [0.1, 0.15) is 0 Å². The molecule has 1 aliphatic carbocycles. The van der Waals surface area contributed by atoms with Gasteiger partial charge in [-0.05, 0) is 84.2 Å². The molecule has 0 radical (unpaired) electrons. The fourth-order valence-corrected chi connectivity index (χ4v) is 9.61. The minimum absolute atomic E-state index is 0.158. The Morgan fingerprint density at radius 3 is 1.91 bits per heavy atom. The summed E-state index contributed by atoms with van der Waals surface area (Å²) in [5.74, 6) is 0.676. The number of benzene rings is 9. The van der Waals surface area contributed by atoms with Crippen molar-refractivity contribution < 1.29 is 0 Å². The highest BCUT2D eigenvalue weighted by Gasteiger charge is 2.36. The van der Waals surface area contributed by atoms with E-state index in [1.165, 1.54) is 76.1 Å². The molecule has 2 heterocycles. The molecule has 2 aromatic heterocycles. The molecule has 0 fully saturated rings. The standard InChI is InChI=1S/C51H33N3/c1-51(2)43-21-11-9-17-36(43)41-28-42-46(29-44(41)51)54(49-38-19-8-6-16-35(38)34-15-5-7-18-37(34)47(42)49)50-52-45-22-12-10-20-39(45)48(53-50)32-26-25-31-24-23-30-13-3-4-14-33(30)40(31)27-32/h3-29H,1-2H3. The maximum Gasteiger partial charge on any atom is 0.235 e. The third-order valence-corrected chi connectivity index (χ3v) is 12.2. The van der Waals surface area contributed by atoms with Crippen molar-refractivity contribution in [2.45, 2.75) is 19.3 Å². The highest BCUT2D eigenvalue weighted by Crippen LogP contribution is 2.52. The highest BCUT2D eigenvalue weighted by atomic mass is 15.2. The molecule has 0 saturated heterocycles. The zero-order valence-electron chi connectivity index (χ0n) is 29.9. The minimum atomic E-state index is -0.158. The third kappa shape index (κ3) is 3.91. The minimum Gasteiger partial charge on any atom is -0.277 e. The maximum absolute atomic E-state index is 5.61. The van der Waals surface area contributed by atoms with Crippen LogP contribution in [-0.4, -0.2) is 14.5 Å². The Morgan fingerprint density at radius 1 is 0.444 bits per heavy atom. The van der Waals surface area contributed by atoms with E-state index in [1.54, 1.807) is 0 Å². The van der Waals surface area contributed by atoms with E-state index in [9.17, 15) is 0 Å². The van der Waals surface area contributed by atoms with Crippen molar-refractivity contribution in [3.63, 3.8) is 0 Å². The van der Waals surface area contributed by atoms with Crippen molar-refractivity contribution in [3.8, 4) is 28.3 Å². The van der Waals surface area contributed by atoms with Gasteiger partial charge in [-0.25, -0.2) is 9.97 Å². The molecule has 12 rings (SSSR count). The molecule has 3 nitrogen and oxygen atoms in total. The quantitative estimate of drug-likeness (QED) is 0.169. The Labute approximate surface area is 311 Å². The molecule has 0 N–H and O–H groups in total. The molecule has 252 valence electrons. The third-order valence-electron chi connectivity index (χ3n) is 12.2. The van der Waals surface area contributed by atoms with E-state index in [1.807, 2.05) is 0 Å². The van der Waals surface area contributed by atoms with Gasteiger partial charge >= 0.3 is 0 Å². The van der Waals surface area contributed by atoms with E-state index in [-0.39, 0.29) is 5.41 Å². The van der Waals surface area contributed by atoms with Crippen molar-refractivity contribution in [1.82, 2.24) is 14.5 Å². The summed E-state index contributed by atoms with van der Waals surface area (Å²) < 4.78 is 2.37. The van der Waals surface area contributed by atoms with Gasteiger partial charge in [0.15, 0.2) is 0 Å². The van der Waals surface area contributed by atoms with Gasteiger partial charge < -0.3 is 0 Å². The smallest absolute Gasteiger partial charge is 0.235 e. The van der Waals surface area contributed by atoms with Gasteiger partial charge in [0.2, 0.25) is 5.95 Å². The lowest BCUT2D eigenvalue weighted by molar-refractivity contribution is 0.661. The maximum atomic E-state index is 5.61. The monoisotopic (exact) mass is 687 g/mol.